The lowest BCUT2D eigenvalue weighted by atomic mass is 9.75. The van der Waals surface area contributed by atoms with Crippen LogP contribution in [0.5, 0.6) is 0 Å². The average molecular weight is 286 g/mol. The maximum atomic E-state index is 4.49. The molecule has 0 aromatic carbocycles. The molecule has 4 heteroatoms. The molecule has 1 aliphatic carbocycles. The second-order valence-electron chi connectivity index (χ2n) is 6.24. The Balaban J connectivity index is 1.90. The molecule has 0 bridgehead atoms. The van der Waals surface area contributed by atoms with Crippen molar-refractivity contribution in [1.82, 2.24) is 19.9 Å². The third kappa shape index (κ3) is 2.95. The third-order valence-electron chi connectivity index (χ3n) is 4.99. The highest BCUT2D eigenvalue weighted by Crippen LogP contribution is 2.39. The van der Waals surface area contributed by atoms with E-state index >= 15 is 0 Å². The van der Waals surface area contributed by atoms with Gasteiger partial charge in [0.25, 0.3) is 0 Å². The summed E-state index contributed by atoms with van der Waals surface area (Å²) < 4.78 is 1.94. The summed E-state index contributed by atoms with van der Waals surface area (Å²) in [7, 11) is 0. The fraction of sp³-hybridized carbons (Fsp3) is 0.647. The van der Waals surface area contributed by atoms with Gasteiger partial charge in [0.1, 0.15) is 0 Å². The van der Waals surface area contributed by atoms with Crippen molar-refractivity contribution in [2.24, 2.45) is 11.8 Å². The summed E-state index contributed by atoms with van der Waals surface area (Å²) in [4.78, 5) is 4.28. The van der Waals surface area contributed by atoms with Crippen molar-refractivity contribution in [2.75, 3.05) is 6.54 Å². The van der Waals surface area contributed by atoms with E-state index in [1.165, 1.54) is 37.7 Å². The first-order valence-electron chi connectivity index (χ1n) is 8.34. The molecule has 1 aliphatic rings. The van der Waals surface area contributed by atoms with Crippen LogP contribution in [0.15, 0.2) is 24.8 Å². The zero-order valence-corrected chi connectivity index (χ0v) is 13.1. The van der Waals surface area contributed by atoms with E-state index in [0.29, 0.717) is 6.04 Å². The largest absolute Gasteiger partial charge is 0.310 e. The van der Waals surface area contributed by atoms with Gasteiger partial charge in [-0.05, 0) is 31.2 Å². The van der Waals surface area contributed by atoms with E-state index in [1.807, 2.05) is 23.1 Å². The van der Waals surface area contributed by atoms with Crippen molar-refractivity contribution in [3.8, 4) is 0 Å². The van der Waals surface area contributed by atoms with Gasteiger partial charge in [0.05, 0.1) is 17.9 Å². The lowest BCUT2D eigenvalue weighted by Gasteiger charge is -2.34. The average Bonchev–Trinajstić information content (AvgIpc) is 2.96. The number of nitrogens with zero attached hydrogens (tertiary/aromatic N) is 3. The monoisotopic (exact) mass is 286 g/mol. The topological polar surface area (TPSA) is 42.2 Å². The van der Waals surface area contributed by atoms with Crippen LogP contribution in [0.1, 0.15) is 57.6 Å². The SMILES string of the molecule is CCNC(c1cnn2ccncc12)C1CCCC(CC)C1. The summed E-state index contributed by atoms with van der Waals surface area (Å²) in [5.74, 6) is 1.61. The summed E-state index contributed by atoms with van der Waals surface area (Å²) in [6, 6.07) is 0.408. The van der Waals surface area contributed by atoms with Gasteiger partial charge in [0.15, 0.2) is 0 Å². The fourth-order valence-corrected chi connectivity index (χ4v) is 3.85. The van der Waals surface area contributed by atoms with Crippen molar-refractivity contribution >= 4 is 5.52 Å². The molecule has 0 amide bonds. The van der Waals surface area contributed by atoms with E-state index < -0.39 is 0 Å². The third-order valence-corrected chi connectivity index (χ3v) is 4.99. The molecule has 3 rings (SSSR count). The summed E-state index contributed by atoms with van der Waals surface area (Å²) in [5, 5.41) is 8.20. The van der Waals surface area contributed by atoms with E-state index in [1.54, 1.807) is 6.20 Å². The highest BCUT2D eigenvalue weighted by Gasteiger charge is 2.30. The summed E-state index contributed by atoms with van der Waals surface area (Å²) in [5.41, 5.74) is 2.45. The number of hydrogen-bond donors (Lipinski definition) is 1. The van der Waals surface area contributed by atoms with E-state index in [2.05, 4.69) is 29.2 Å². The minimum absolute atomic E-state index is 0.408. The Hall–Kier alpha value is -1.42. The molecule has 0 radical (unpaired) electrons. The second-order valence-corrected chi connectivity index (χ2v) is 6.24. The number of aromatic nitrogens is 3. The second kappa shape index (κ2) is 6.56. The molecule has 21 heavy (non-hydrogen) atoms. The quantitative estimate of drug-likeness (QED) is 0.913. The zero-order valence-electron chi connectivity index (χ0n) is 13.1. The van der Waals surface area contributed by atoms with Crippen LogP contribution >= 0.6 is 0 Å². The maximum Gasteiger partial charge on any atom is 0.0892 e. The molecule has 2 heterocycles. The number of hydrogen-bond acceptors (Lipinski definition) is 3. The highest BCUT2D eigenvalue weighted by atomic mass is 15.2. The molecule has 2 aromatic heterocycles. The van der Waals surface area contributed by atoms with Gasteiger partial charge in [0, 0.05) is 24.0 Å². The zero-order chi connectivity index (χ0) is 14.7. The van der Waals surface area contributed by atoms with Gasteiger partial charge < -0.3 is 5.32 Å². The Kier molecular flexibility index (Phi) is 4.54. The fourth-order valence-electron chi connectivity index (χ4n) is 3.85. The lowest BCUT2D eigenvalue weighted by Crippen LogP contribution is -2.31. The molecule has 1 saturated carbocycles. The van der Waals surface area contributed by atoms with E-state index in [0.717, 1.165) is 23.9 Å². The van der Waals surface area contributed by atoms with Crippen LogP contribution in [0.3, 0.4) is 0 Å². The normalized spacial score (nSPS) is 24.3. The van der Waals surface area contributed by atoms with Crippen LogP contribution in [-0.2, 0) is 0 Å². The molecule has 1 fully saturated rings. The van der Waals surface area contributed by atoms with E-state index in [-0.39, 0.29) is 0 Å². The van der Waals surface area contributed by atoms with Crippen molar-refractivity contribution < 1.29 is 0 Å². The van der Waals surface area contributed by atoms with Crippen LogP contribution in [0.2, 0.25) is 0 Å². The first-order valence-corrected chi connectivity index (χ1v) is 8.34. The van der Waals surface area contributed by atoms with Gasteiger partial charge in [-0.25, -0.2) is 4.52 Å². The van der Waals surface area contributed by atoms with E-state index in [4.69, 9.17) is 0 Å². The predicted molar refractivity (Wildman–Crippen MR) is 85.1 cm³/mol. The van der Waals surface area contributed by atoms with Crippen LogP contribution in [0.4, 0.5) is 0 Å². The lowest BCUT2D eigenvalue weighted by molar-refractivity contribution is 0.211. The summed E-state index contributed by atoms with van der Waals surface area (Å²) in [6.07, 6.45) is 14.4. The highest BCUT2D eigenvalue weighted by molar-refractivity contribution is 5.53. The Morgan fingerprint density at radius 3 is 3.05 bits per heavy atom. The van der Waals surface area contributed by atoms with Crippen LogP contribution in [0, 0.1) is 11.8 Å². The first kappa shape index (κ1) is 14.5. The molecule has 2 aromatic rings. The Labute approximate surface area is 127 Å². The van der Waals surface area contributed by atoms with Crippen LogP contribution < -0.4 is 5.32 Å². The molecule has 0 saturated heterocycles. The molecule has 3 atom stereocenters. The minimum Gasteiger partial charge on any atom is -0.310 e. The van der Waals surface area contributed by atoms with Crippen molar-refractivity contribution in [1.29, 1.82) is 0 Å². The standard InChI is InChI=1S/C17H26N4/c1-3-13-6-5-7-14(10-13)17(19-4-2)15-11-20-21-9-8-18-12-16(15)21/h8-9,11-14,17,19H,3-7,10H2,1-2H3. The molecule has 3 unspecified atom stereocenters. The molecule has 0 spiro atoms. The Morgan fingerprint density at radius 1 is 1.33 bits per heavy atom. The van der Waals surface area contributed by atoms with Crippen molar-refractivity contribution in [3.05, 3.63) is 30.4 Å². The van der Waals surface area contributed by atoms with Gasteiger partial charge in [-0.3, -0.25) is 4.98 Å². The molecular formula is C17H26N4. The Bertz CT molecular complexity index is 577. The number of rotatable bonds is 5. The summed E-state index contributed by atoms with van der Waals surface area (Å²) in [6.45, 7) is 5.52. The number of nitrogens with one attached hydrogen (secondary N) is 1. The van der Waals surface area contributed by atoms with Crippen molar-refractivity contribution in [2.45, 2.75) is 52.0 Å². The van der Waals surface area contributed by atoms with Gasteiger partial charge >= 0.3 is 0 Å². The molecule has 1 N–H and O–H groups in total. The maximum absolute atomic E-state index is 4.49. The van der Waals surface area contributed by atoms with E-state index in [9.17, 15) is 0 Å². The van der Waals surface area contributed by atoms with Crippen molar-refractivity contribution in [3.63, 3.8) is 0 Å². The predicted octanol–water partition coefficient (Wildman–Crippen LogP) is 3.60. The first-order chi connectivity index (χ1) is 10.3. The molecular weight excluding hydrogens is 260 g/mol. The molecule has 114 valence electrons. The number of fused-ring (bicyclic) bond motifs is 1. The van der Waals surface area contributed by atoms with Gasteiger partial charge in [-0.15, -0.1) is 0 Å². The van der Waals surface area contributed by atoms with Gasteiger partial charge in [0.2, 0.25) is 0 Å². The minimum atomic E-state index is 0.408. The van der Waals surface area contributed by atoms with Gasteiger partial charge in [-0.2, -0.15) is 5.10 Å². The molecule has 4 nitrogen and oxygen atoms in total. The smallest absolute Gasteiger partial charge is 0.0892 e. The van der Waals surface area contributed by atoms with Gasteiger partial charge in [-0.1, -0.05) is 33.1 Å². The summed E-state index contributed by atoms with van der Waals surface area (Å²) >= 11 is 0. The van der Waals surface area contributed by atoms with Crippen LogP contribution in [-0.4, -0.2) is 21.1 Å². The van der Waals surface area contributed by atoms with Crippen LogP contribution in [0.25, 0.3) is 5.52 Å². The molecule has 0 aliphatic heterocycles. The Morgan fingerprint density at radius 2 is 2.24 bits per heavy atom.